The number of hydrogen-bond acceptors (Lipinski definition) is 20. The topological polar surface area (TPSA) is 294 Å². The van der Waals surface area contributed by atoms with Gasteiger partial charge >= 0.3 is 12.1 Å². The number of rotatable bonds is 30. The lowest BCUT2D eigenvalue weighted by Crippen LogP contribution is -2.60. The molecular formula is C58H82ClN5O19S. The van der Waals surface area contributed by atoms with Crippen LogP contribution in [-0.2, 0) is 87.5 Å². The number of amides is 7. The molecule has 5 aliphatic rings. The van der Waals surface area contributed by atoms with E-state index in [1.807, 2.05) is 65.0 Å². The van der Waals surface area contributed by atoms with Crippen molar-refractivity contribution in [3.05, 3.63) is 52.1 Å². The number of nitrogens with zero attached hydrogens (tertiary/aromatic N) is 3. The number of ether oxygens (including phenoxy) is 8. The zero-order chi connectivity index (χ0) is 61.1. The summed E-state index contributed by atoms with van der Waals surface area (Å²) in [6, 6.07) is 3.87. The van der Waals surface area contributed by atoms with Crippen LogP contribution in [0.25, 0.3) is 0 Å². The highest BCUT2D eigenvalue weighted by atomic mass is 35.5. The summed E-state index contributed by atoms with van der Waals surface area (Å²) in [7, 11) is 1.66. The van der Waals surface area contributed by atoms with E-state index in [1.54, 1.807) is 14.0 Å². The maximum Gasteiger partial charge on any atom is 0.409 e. The van der Waals surface area contributed by atoms with Gasteiger partial charge in [-0.3, -0.25) is 43.8 Å². The number of Topliss-reactive ketones (excluding diaryl/α,β-unsaturated/α-hetero) is 1. The first-order chi connectivity index (χ1) is 40.0. The molecule has 24 nitrogen and oxygen atoms in total. The quantitative estimate of drug-likeness (QED) is 0.0555. The number of carbonyl (C=O) groups excluding carboxylic acids is 9. The zero-order valence-corrected chi connectivity index (χ0v) is 50.7. The third-order valence-corrected chi connectivity index (χ3v) is 17.1. The van der Waals surface area contributed by atoms with E-state index in [-0.39, 0.29) is 147 Å². The lowest BCUT2D eigenvalue weighted by Gasteiger charge is -2.41. The Morgan fingerprint density at radius 3 is 2.19 bits per heavy atom. The summed E-state index contributed by atoms with van der Waals surface area (Å²) in [4.78, 5) is 122. The molecule has 84 heavy (non-hydrogen) atoms. The summed E-state index contributed by atoms with van der Waals surface area (Å²) in [5.74, 6) is -4.56. The molecule has 4 fully saturated rings. The Kier molecular flexibility index (Phi) is 26.1. The summed E-state index contributed by atoms with van der Waals surface area (Å²) in [6.45, 7) is 13.6. The van der Waals surface area contributed by atoms with Crippen LogP contribution in [-0.4, -0.2) is 202 Å². The number of aliphatic hydroxyl groups is 1. The number of hydroxylamine groups is 2. The summed E-state index contributed by atoms with van der Waals surface area (Å²) in [5, 5.41) is 17.4. The molecule has 1 aromatic carbocycles. The summed E-state index contributed by atoms with van der Waals surface area (Å²) in [6.07, 6.45) is 3.13. The third-order valence-electron chi connectivity index (χ3n) is 15.5. The fourth-order valence-electron chi connectivity index (χ4n) is 10.2. The van der Waals surface area contributed by atoms with Gasteiger partial charge in [-0.05, 0) is 51.3 Å². The predicted octanol–water partition coefficient (Wildman–Crippen LogP) is 4.10. The van der Waals surface area contributed by atoms with Crippen molar-refractivity contribution in [1.82, 2.24) is 20.6 Å². The maximum atomic E-state index is 14.3. The minimum atomic E-state index is -1.61. The van der Waals surface area contributed by atoms with Gasteiger partial charge in [-0.1, -0.05) is 55.3 Å². The molecule has 6 rings (SSSR count). The highest BCUT2D eigenvalue weighted by molar-refractivity contribution is 8.00. The van der Waals surface area contributed by atoms with Crippen molar-refractivity contribution in [2.45, 2.75) is 134 Å². The van der Waals surface area contributed by atoms with Crippen LogP contribution in [0.2, 0.25) is 5.02 Å². The maximum absolute atomic E-state index is 14.3. The van der Waals surface area contributed by atoms with Crippen molar-refractivity contribution in [1.29, 1.82) is 0 Å². The first-order valence-electron chi connectivity index (χ1n) is 28.6. The molecule has 0 spiro atoms. The molecule has 0 aromatic heterocycles. The zero-order valence-electron chi connectivity index (χ0n) is 49.1. The Hall–Kier alpha value is -5.35. The van der Waals surface area contributed by atoms with Gasteiger partial charge in [-0.2, -0.15) is 0 Å². The van der Waals surface area contributed by atoms with Crippen LogP contribution in [0.4, 0.5) is 10.5 Å². The number of hydrogen-bond donors (Lipinski definition) is 3. The average molecular weight is 1220 g/mol. The Morgan fingerprint density at radius 1 is 0.857 bits per heavy atom. The van der Waals surface area contributed by atoms with Crippen LogP contribution >= 0.6 is 23.4 Å². The molecule has 0 radical (unpaired) electrons. The first-order valence-corrected chi connectivity index (χ1v) is 30.0. The van der Waals surface area contributed by atoms with Gasteiger partial charge in [0.05, 0.1) is 107 Å². The number of allylic oxidation sites excluding steroid dienone is 3. The van der Waals surface area contributed by atoms with Crippen molar-refractivity contribution < 1.29 is 91.0 Å². The molecule has 5 aliphatic heterocycles. The lowest BCUT2D eigenvalue weighted by atomic mass is 9.77. The number of carbonyl (C=O) groups is 9. The van der Waals surface area contributed by atoms with E-state index >= 15 is 0 Å². The molecular weight excluding hydrogens is 1140 g/mol. The van der Waals surface area contributed by atoms with Gasteiger partial charge in [0.2, 0.25) is 23.6 Å². The van der Waals surface area contributed by atoms with Crippen LogP contribution < -0.4 is 15.5 Å². The van der Waals surface area contributed by atoms with Gasteiger partial charge in [0, 0.05) is 88.6 Å². The molecule has 7 amide bonds. The summed E-state index contributed by atoms with van der Waals surface area (Å²) >= 11 is 8.13. The third kappa shape index (κ3) is 19.6. The van der Waals surface area contributed by atoms with Crippen molar-refractivity contribution in [3.8, 4) is 0 Å². The molecule has 3 N–H and O–H groups in total. The van der Waals surface area contributed by atoms with Crippen LogP contribution in [0, 0.1) is 24.7 Å². The molecule has 4 bridgehead atoms. The standard InChI is InChI=1S/C58H82ClN5O19S/c1-36-9-8-10-38(3)58(74)35-45(81-56(73)61-58)39(4)54-57(6,82-54)42(33-50(69)62(7)43-31-41(29-36)30-37(2)53(43)59)32-44(65)40(5)80-26-25-79-27-28-84-46-34-51(70)63(55(46)72)16-13-47(66)60-15-18-76-20-22-78-24-23-77-21-19-75-17-14-52(71)83-64-48(67)11-12-49(64)68/h8-10,30-31,38-40,42,45-46,54,74H,11-29,32-35H2,1-7H3,(H,60,66)(H,61,73)/b10-8+,36-9+/t38-,39-,40+,42+,45?,46?,54+,57+,58+/m1/s1. The van der Waals surface area contributed by atoms with Crippen molar-refractivity contribution in [2.24, 2.45) is 17.8 Å². The van der Waals surface area contributed by atoms with Gasteiger partial charge in [0.1, 0.15) is 17.9 Å². The van der Waals surface area contributed by atoms with E-state index in [4.69, 9.17) is 54.3 Å². The highest BCUT2D eigenvalue weighted by Gasteiger charge is 2.63. The number of ketones is 1. The van der Waals surface area contributed by atoms with E-state index < -0.39 is 76.5 Å². The molecule has 26 heteroatoms. The number of halogens is 1. The van der Waals surface area contributed by atoms with Crippen molar-refractivity contribution in [2.75, 3.05) is 103 Å². The van der Waals surface area contributed by atoms with Crippen LogP contribution in [0.1, 0.15) is 97.1 Å². The van der Waals surface area contributed by atoms with Crippen molar-refractivity contribution >= 4 is 82.3 Å². The number of anilines is 1. The predicted molar refractivity (Wildman–Crippen MR) is 305 cm³/mol. The Morgan fingerprint density at radius 2 is 1.50 bits per heavy atom. The Balaban J connectivity index is 0.842. The number of benzene rings is 1. The summed E-state index contributed by atoms with van der Waals surface area (Å²) in [5.41, 5.74) is 0.703. The summed E-state index contributed by atoms with van der Waals surface area (Å²) < 4.78 is 45.5. The number of aryl methyl sites for hydroxylation is 1. The monoisotopic (exact) mass is 1220 g/mol. The van der Waals surface area contributed by atoms with E-state index in [0.717, 1.165) is 21.6 Å². The number of nitrogens with one attached hydrogen (secondary N) is 2. The van der Waals surface area contributed by atoms with Crippen LogP contribution in [0.5, 0.6) is 0 Å². The molecule has 466 valence electrons. The number of fused-ring (bicyclic) bond motifs is 5. The normalized spacial score (nSPS) is 27.0. The number of thioether (sulfide) groups is 1. The molecule has 1 aromatic rings. The van der Waals surface area contributed by atoms with Crippen molar-refractivity contribution in [3.63, 3.8) is 0 Å². The smallest absolute Gasteiger partial charge is 0.409 e. The fourth-order valence-corrected chi connectivity index (χ4v) is 11.5. The van der Waals surface area contributed by atoms with Gasteiger partial charge in [-0.15, -0.1) is 16.8 Å². The second-order valence-corrected chi connectivity index (χ2v) is 23.5. The number of likely N-dealkylation sites (tertiary alicyclic amines) is 1. The number of epoxide rings is 1. The molecule has 9 atom stereocenters. The average Bonchev–Trinajstić information content (AvgIpc) is 1.99. The second-order valence-electron chi connectivity index (χ2n) is 21.8. The van der Waals surface area contributed by atoms with Gasteiger partial charge in [-0.25, -0.2) is 9.59 Å². The van der Waals surface area contributed by atoms with E-state index in [0.29, 0.717) is 47.8 Å². The Labute approximate surface area is 499 Å². The van der Waals surface area contributed by atoms with Gasteiger partial charge in [0.25, 0.3) is 11.8 Å². The Bertz CT molecular complexity index is 2570. The second kappa shape index (κ2) is 32.4. The molecule has 2 unspecified atom stereocenters. The van der Waals surface area contributed by atoms with Crippen LogP contribution in [0.15, 0.2) is 35.9 Å². The minimum absolute atomic E-state index is 0.0105. The first kappa shape index (κ1) is 67.8. The minimum Gasteiger partial charge on any atom is -0.446 e. The van der Waals surface area contributed by atoms with E-state index in [2.05, 4.69) is 10.6 Å². The molecule has 0 aliphatic carbocycles. The fraction of sp³-hybridized carbons (Fsp3) is 0.672. The van der Waals surface area contributed by atoms with Gasteiger partial charge < -0.3 is 58.1 Å². The lowest BCUT2D eigenvalue weighted by molar-refractivity contribution is -0.198. The largest absolute Gasteiger partial charge is 0.446 e. The number of imide groups is 2. The van der Waals surface area contributed by atoms with E-state index in [1.165, 1.54) is 16.7 Å². The van der Waals surface area contributed by atoms with Gasteiger partial charge in [0.15, 0.2) is 5.78 Å². The van der Waals surface area contributed by atoms with E-state index in [9.17, 15) is 48.3 Å². The molecule has 4 saturated heterocycles. The highest BCUT2D eigenvalue weighted by Crippen LogP contribution is 2.52. The number of alkyl carbamates (subject to hydrolysis) is 1. The van der Waals surface area contributed by atoms with Crippen LogP contribution in [0.3, 0.4) is 0 Å². The SMILES string of the molecule is C/C1=C\C=C\[C@@H](C)[C@@]2(O)CC(OC(=O)N2)[C@@H](C)[C@@H]2O[C@@]2(C)[C@@H](CC(=O)[C@H](C)OCCOCCSC2CC(=O)N(CCC(=O)NCCOCCOCCOCCOCCC(=O)ON3C(=O)CCC3=O)C2=O)CC(=O)N(C)c2cc(cc(C)c2Cl)C1. The molecule has 0 saturated carbocycles. The molecule has 5 heterocycles.